The molecule has 5 heteroatoms. The zero-order valence-corrected chi connectivity index (χ0v) is 12.0. The number of aryl methyl sites for hydroxylation is 2. The van der Waals surface area contributed by atoms with Crippen molar-refractivity contribution in [3.8, 4) is 0 Å². The van der Waals surface area contributed by atoms with Crippen LogP contribution in [0.25, 0.3) is 0 Å². The van der Waals surface area contributed by atoms with Gasteiger partial charge < -0.3 is 10.6 Å². The lowest BCUT2D eigenvalue weighted by Gasteiger charge is -2.26. The third kappa shape index (κ3) is 3.04. The molecule has 0 bridgehead atoms. The number of rotatable bonds is 4. The van der Waals surface area contributed by atoms with E-state index in [0.717, 1.165) is 22.0 Å². The summed E-state index contributed by atoms with van der Waals surface area (Å²) in [4.78, 5) is 19.2. The lowest BCUT2D eigenvalue weighted by molar-refractivity contribution is -0.132. The van der Waals surface area contributed by atoms with Crippen LogP contribution >= 0.6 is 11.3 Å². The molecule has 17 heavy (non-hydrogen) atoms. The maximum absolute atomic E-state index is 11.8. The largest absolute Gasteiger partial charge is 0.337 e. The number of amides is 1. The van der Waals surface area contributed by atoms with E-state index in [1.807, 2.05) is 13.8 Å². The number of nitrogens with zero attached hydrogens (tertiary/aromatic N) is 2. The first-order valence-corrected chi connectivity index (χ1v) is 6.68. The van der Waals surface area contributed by atoms with Crippen LogP contribution in [-0.2, 0) is 11.2 Å². The van der Waals surface area contributed by atoms with Gasteiger partial charge >= 0.3 is 0 Å². The van der Waals surface area contributed by atoms with Gasteiger partial charge in [0.15, 0.2) is 0 Å². The van der Waals surface area contributed by atoms with Gasteiger partial charge in [-0.1, -0.05) is 6.92 Å². The molecule has 96 valence electrons. The van der Waals surface area contributed by atoms with Crippen LogP contribution in [0.2, 0.25) is 0 Å². The molecule has 0 spiro atoms. The van der Waals surface area contributed by atoms with Crippen LogP contribution in [-0.4, -0.2) is 28.9 Å². The minimum absolute atomic E-state index is 0.0336. The van der Waals surface area contributed by atoms with E-state index < -0.39 is 6.04 Å². The molecule has 4 nitrogen and oxygen atoms in total. The summed E-state index contributed by atoms with van der Waals surface area (Å²) >= 11 is 1.68. The summed E-state index contributed by atoms with van der Waals surface area (Å²) in [5.74, 6) is -0.0386. The highest BCUT2D eigenvalue weighted by Crippen LogP contribution is 2.28. The quantitative estimate of drug-likeness (QED) is 0.893. The topological polar surface area (TPSA) is 59.2 Å². The van der Waals surface area contributed by atoms with Crippen molar-refractivity contribution in [2.45, 2.75) is 46.2 Å². The summed E-state index contributed by atoms with van der Waals surface area (Å²) in [5, 5.41) is 1.12. The van der Waals surface area contributed by atoms with Crippen molar-refractivity contribution >= 4 is 17.2 Å². The first-order valence-electron chi connectivity index (χ1n) is 5.86. The van der Waals surface area contributed by atoms with Gasteiger partial charge in [-0.2, -0.15) is 0 Å². The number of hydrogen-bond donors (Lipinski definition) is 1. The molecule has 1 heterocycles. The van der Waals surface area contributed by atoms with Crippen molar-refractivity contribution in [1.29, 1.82) is 0 Å². The fraction of sp³-hybridized carbons (Fsp3) is 0.667. The Morgan fingerprint density at radius 3 is 2.53 bits per heavy atom. The highest BCUT2D eigenvalue weighted by Gasteiger charge is 2.23. The summed E-state index contributed by atoms with van der Waals surface area (Å²) in [6, 6.07) is -0.423. The van der Waals surface area contributed by atoms with E-state index in [-0.39, 0.29) is 11.9 Å². The summed E-state index contributed by atoms with van der Waals surface area (Å²) in [6.07, 6.45) is 0.934. The molecule has 0 radical (unpaired) electrons. The Kier molecular flexibility index (Phi) is 4.65. The second kappa shape index (κ2) is 5.60. The third-order valence-corrected chi connectivity index (χ3v) is 4.35. The van der Waals surface area contributed by atoms with E-state index in [0.29, 0.717) is 0 Å². The molecule has 1 aromatic heterocycles. The zero-order valence-electron chi connectivity index (χ0n) is 11.2. The molecule has 2 unspecified atom stereocenters. The lowest BCUT2D eigenvalue weighted by Crippen LogP contribution is -2.40. The van der Waals surface area contributed by atoms with E-state index in [9.17, 15) is 4.79 Å². The molecule has 1 aromatic rings. The first kappa shape index (κ1) is 14.1. The summed E-state index contributed by atoms with van der Waals surface area (Å²) in [5.41, 5.74) is 6.64. The van der Waals surface area contributed by atoms with Crippen LogP contribution in [0.3, 0.4) is 0 Å². The number of nitrogens with two attached hydrogens (primary N) is 1. The number of carbonyl (C=O) groups excluding carboxylic acids is 1. The molecule has 2 atom stereocenters. The normalized spacial score (nSPS) is 14.5. The SMILES string of the molecule is CCc1nc(C)c(C(C)N(C)C(=O)C(C)N)s1. The van der Waals surface area contributed by atoms with Crippen LogP contribution in [0, 0.1) is 6.92 Å². The van der Waals surface area contributed by atoms with E-state index in [1.54, 1.807) is 30.2 Å². The van der Waals surface area contributed by atoms with Gasteiger partial charge in [-0.25, -0.2) is 4.98 Å². The zero-order chi connectivity index (χ0) is 13.2. The van der Waals surface area contributed by atoms with Crippen molar-refractivity contribution in [3.63, 3.8) is 0 Å². The lowest BCUT2D eigenvalue weighted by atomic mass is 10.2. The Bertz CT molecular complexity index is 400. The summed E-state index contributed by atoms with van der Waals surface area (Å²) < 4.78 is 0. The van der Waals surface area contributed by atoms with E-state index >= 15 is 0 Å². The van der Waals surface area contributed by atoms with Crippen LogP contribution in [0.15, 0.2) is 0 Å². The van der Waals surface area contributed by atoms with Crippen molar-refractivity contribution in [2.75, 3.05) is 7.05 Å². The molecule has 0 aliphatic heterocycles. The maximum Gasteiger partial charge on any atom is 0.239 e. The average Bonchev–Trinajstić information content (AvgIpc) is 2.67. The summed E-state index contributed by atoms with van der Waals surface area (Å²) in [7, 11) is 1.79. The highest BCUT2D eigenvalue weighted by atomic mass is 32.1. The van der Waals surface area contributed by atoms with Crippen LogP contribution in [0.5, 0.6) is 0 Å². The monoisotopic (exact) mass is 255 g/mol. The standard InChI is InChI=1S/C12H21N3OS/c1-6-10-14-8(3)11(17-10)9(4)15(5)12(16)7(2)13/h7,9H,6,13H2,1-5H3. The van der Waals surface area contributed by atoms with Gasteiger partial charge in [0.25, 0.3) is 0 Å². The molecule has 0 aliphatic carbocycles. The number of thiazole rings is 1. The van der Waals surface area contributed by atoms with Crippen LogP contribution < -0.4 is 5.73 Å². The average molecular weight is 255 g/mol. The van der Waals surface area contributed by atoms with E-state index in [1.165, 1.54) is 0 Å². The van der Waals surface area contributed by atoms with Gasteiger partial charge in [0.2, 0.25) is 5.91 Å². The van der Waals surface area contributed by atoms with Crippen LogP contribution in [0.4, 0.5) is 0 Å². The smallest absolute Gasteiger partial charge is 0.239 e. The second-order valence-corrected chi connectivity index (χ2v) is 5.44. The Balaban J connectivity index is 2.91. The highest BCUT2D eigenvalue weighted by molar-refractivity contribution is 7.11. The number of aromatic nitrogens is 1. The van der Waals surface area contributed by atoms with E-state index in [2.05, 4.69) is 11.9 Å². The number of hydrogen-bond acceptors (Lipinski definition) is 4. The van der Waals surface area contributed by atoms with Gasteiger partial charge in [-0.3, -0.25) is 4.79 Å². The molecule has 0 fully saturated rings. The minimum Gasteiger partial charge on any atom is -0.337 e. The Morgan fingerprint density at radius 2 is 2.12 bits per heavy atom. The van der Waals surface area contributed by atoms with Gasteiger partial charge in [0.05, 0.1) is 22.8 Å². The molecule has 1 amide bonds. The fourth-order valence-corrected chi connectivity index (χ4v) is 2.80. The molecule has 0 saturated heterocycles. The van der Waals surface area contributed by atoms with Crippen molar-refractivity contribution in [1.82, 2.24) is 9.88 Å². The van der Waals surface area contributed by atoms with Crippen molar-refractivity contribution < 1.29 is 4.79 Å². The Labute approximate surface area is 107 Å². The van der Waals surface area contributed by atoms with Crippen LogP contribution in [0.1, 0.15) is 42.4 Å². The molecular formula is C12H21N3OS. The molecule has 2 N–H and O–H groups in total. The maximum atomic E-state index is 11.8. The number of carbonyl (C=O) groups is 1. The Hall–Kier alpha value is -0.940. The number of likely N-dealkylation sites (N-methyl/N-ethyl adjacent to an activating group) is 1. The predicted octanol–water partition coefficient (Wildman–Crippen LogP) is 1.88. The van der Waals surface area contributed by atoms with Crippen molar-refractivity contribution in [3.05, 3.63) is 15.6 Å². The predicted molar refractivity (Wildman–Crippen MR) is 71.1 cm³/mol. The van der Waals surface area contributed by atoms with E-state index in [4.69, 9.17) is 5.73 Å². The van der Waals surface area contributed by atoms with Gasteiger partial charge in [0, 0.05) is 11.9 Å². The van der Waals surface area contributed by atoms with Gasteiger partial charge in [0.1, 0.15) is 0 Å². The van der Waals surface area contributed by atoms with Gasteiger partial charge in [-0.15, -0.1) is 11.3 Å². The fourth-order valence-electron chi connectivity index (χ4n) is 1.69. The second-order valence-electron chi connectivity index (χ2n) is 4.32. The molecule has 0 aromatic carbocycles. The minimum atomic E-state index is -0.457. The molecule has 1 rings (SSSR count). The molecule has 0 saturated carbocycles. The first-order chi connectivity index (χ1) is 7.88. The summed E-state index contributed by atoms with van der Waals surface area (Å²) in [6.45, 7) is 7.80. The Morgan fingerprint density at radius 1 is 1.53 bits per heavy atom. The van der Waals surface area contributed by atoms with Gasteiger partial charge in [-0.05, 0) is 27.2 Å². The molecular weight excluding hydrogens is 234 g/mol. The molecule has 0 aliphatic rings. The third-order valence-electron chi connectivity index (χ3n) is 2.88. The van der Waals surface area contributed by atoms with Crippen molar-refractivity contribution in [2.24, 2.45) is 5.73 Å².